The lowest BCUT2D eigenvalue weighted by Gasteiger charge is -2.23. The third-order valence-corrected chi connectivity index (χ3v) is 4.74. The van der Waals surface area contributed by atoms with Gasteiger partial charge < -0.3 is 9.32 Å². The van der Waals surface area contributed by atoms with Crippen LogP contribution in [0.2, 0.25) is 0 Å². The van der Waals surface area contributed by atoms with E-state index in [0.717, 1.165) is 48.3 Å². The Labute approximate surface area is 121 Å². The maximum absolute atomic E-state index is 5.77. The van der Waals surface area contributed by atoms with Gasteiger partial charge in [0.1, 0.15) is 5.52 Å². The lowest BCUT2D eigenvalue weighted by Crippen LogP contribution is -2.31. The molecular formula is C17H24N2O. The quantitative estimate of drug-likeness (QED) is 0.827. The second kappa shape index (κ2) is 5.96. The highest BCUT2D eigenvalue weighted by Crippen LogP contribution is 2.26. The molecule has 0 N–H and O–H groups in total. The Morgan fingerprint density at radius 1 is 1.35 bits per heavy atom. The number of rotatable bonds is 5. The van der Waals surface area contributed by atoms with Gasteiger partial charge in [0.15, 0.2) is 11.5 Å². The number of hydrogen-bond donors (Lipinski definition) is 0. The highest BCUT2D eigenvalue weighted by molar-refractivity contribution is 5.72. The van der Waals surface area contributed by atoms with Crippen molar-refractivity contribution in [2.45, 2.75) is 45.6 Å². The zero-order valence-corrected chi connectivity index (χ0v) is 12.5. The summed E-state index contributed by atoms with van der Waals surface area (Å²) in [7, 11) is 0. The van der Waals surface area contributed by atoms with E-state index in [4.69, 9.17) is 4.42 Å². The average Bonchev–Trinajstić information content (AvgIpc) is 3.02. The molecule has 0 spiro atoms. The molecule has 0 unspecified atom stereocenters. The van der Waals surface area contributed by atoms with Crippen molar-refractivity contribution in [3.63, 3.8) is 0 Å². The number of aryl methyl sites for hydroxylation is 1. The highest BCUT2D eigenvalue weighted by atomic mass is 16.3. The molecule has 0 amide bonds. The second-order valence-electron chi connectivity index (χ2n) is 5.91. The van der Waals surface area contributed by atoms with E-state index in [1.54, 1.807) is 0 Å². The molecule has 3 nitrogen and oxygen atoms in total. The molecular weight excluding hydrogens is 248 g/mol. The summed E-state index contributed by atoms with van der Waals surface area (Å²) in [6.45, 7) is 7.10. The van der Waals surface area contributed by atoms with Crippen LogP contribution in [-0.4, -0.2) is 29.0 Å². The number of likely N-dealkylation sites (tertiary alicyclic amines) is 1. The van der Waals surface area contributed by atoms with Crippen molar-refractivity contribution in [2.75, 3.05) is 13.1 Å². The summed E-state index contributed by atoms with van der Waals surface area (Å²) < 4.78 is 5.77. The van der Waals surface area contributed by atoms with Crippen molar-refractivity contribution in [2.24, 2.45) is 5.92 Å². The van der Waals surface area contributed by atoms with Crippen LogP contribution in [-0.2, 0) is 6.42 Å². The first kappa shape index (κ1) is 13.6. The summed E-state index contributed by atoms with van der Waals surface area (Å²) in [5.74, 6) is 1.77. The fourth-order valence-electron chi connectivity index (χ4n) is 3.40. The van der Waals surface area contributed by atoms with Gasteiger partial charge in [-0.2, -0.15) is 0 Å². The predicted octanol–water partition coefficient (Wildman–Crippen LogP) is 3.88. The first-order valence-corrected chi connectivity index (χ1v) is 7.86. The molecule has 0 radical (unpaired) electrons. The minimum Gasteiger partial charge on any atom is -0.441 e. The van der Waals surface area contributed by atoms with E-state index in [0.29, 0.717) is 0 Å². The van der Waals surface area contributed by atoms with Gasteiger partial charge in [-0.15, -0.1) is 0 Å². The maximum Gasteiger partial charge on any atom is 0.195 e. The standard InChI is InChI=1S/C17H24N2O/c1-3-14-10-12-19(13(14)2)11-6-9-17-18-15-7-4-5-8-16(15)20-17/h4-5,7-8,13-14H,3,6,9-12H2,1-2H3/t13-,14+/m0/s1. The first-order chi connectivity index (χ1) is 9.78. The maximum atomic E-state index is 5.77. The molecule has 0 bridgehead atoms. The van der Waals surface area contributed by atoms with Crippen LogP contribution in [0.5, 0.6) is 0 Å². The van der Waals surface area contributed by atoms with Gasteiger partial charge in [0, 0.05) is 12.5 Å². The van der Waals surface area contributed by atoms with E-state index in [9.17, 15) is 0 Å². The summed E-state index contributed by atoms with van der Waals surface area (Å²) in [5.41, 5.74) is 1.88. The minimum absolute atomic E-state index is 0.739. The molecule has 1 aromatic heterocycles. The first-order valence-electron chi connectivity index (χ1n) is 7.86. The third kappa shape index (κ3) is 2.73. The van der Waals surface area contributed by atoms with E-state index in [-0.39, 0.29) is 0 Å². The van der Waals surface area contributed by atoms with Gasteiger partial charge in [0.25, 0.3) is 0 Å². The Morgan fingerprint density at radius 2 is 2.20 bits per heavy atom. The molecule has 2 atom stereocenters. The Balaban J connectivity index is 1.52. The molecule has 1 fully saturated rings. The van der Waals surface area contributed by atoms with Crippen LogP contribution in [0.3, 0.4) is 0 Å². The smallest absolute Gasteiger partial charge is 0.195 e. The summed E-state index contributed by atoms with van der Waals surface area (Å²) in [6, 6.07) is 8.74. The molecule has 108 valence electrons. The lowest BCUT2D eigenvalue weighted by molar-refractivity contribution is 0.235. The van der Waals surface area contributed by atoms with Gasteiger partial charge in [-0.05, 0) is 50.9 Å². The third-order valence-electron chi connectivity index (χ3n) is 4.74. The molecule has 2 heterocycles. The SMILES string of the molecule is CC[C@@H]1CCN(CCCc2nc3ccccc3o2)[C@H]1C. The second-order valence-corrected chi connectivity index (χ2v) is 5.91. The molecule has 1 aliphatic heterocycles. The Morgan fingerprint density at radius 3 is 2.95 bits per heavy atom. The van der Waals surface area contributed by atoms with Crippen molar-refractivity contribution in [1.82, 2.24) is 9.88 Å². The van der Waals surface area contributed by atoms with Gasteiger partial charge >= 0.3 is 0 Å². The fourth-order valence-corrected chi connectivity index (χ4v) is 3.40. The molecule has 3 rings (SSSR count). The highest BCUT2D eigenvalue weighted by Gasteiger charge is 2.28. The van der Waals surface area contributed by atoms with E-state index >= 15 is 0 Å². The molecule has 20 heavy (non-hydrogen) atoms. The Kier molecular flexibility index (Phi) is 4.06. The molecule has 1 saturated heterocycles. The van der Waals surface area contributed by atoms with Crippen LogP contribution in [0.1, 0.15) is 39.0 Å². The molecule has 2 aromatic rings. The van der Waals surface area contributed by atoms with Crippen molar-refractivity contribution in [3.05, 3.63) is 30.2 Å². The lowest BCUT2D eigenvalue weighted by atomic mass is 9.99. The zero-order chi connectivity index (χ0) is 13.9. The van der Waals surface area contributed by atoms with Crippen LogP contribution >= 0.6 is 0 Å². The molecule has 0 aliphatic carbocycles. The molecule has 3 heteroatoms. The van der Waals surface area contributed by atoms with E-state index in [2.05, 4.69) is 23.7 Å². The van der Waals surface area contributed by atoms with Gasteiger partial charge in [0.2, 0.25) is 0 Å². The Bertz CT molecular complexity index is 530. The number of nitrogens with zero attached hydrogens (tertiary/aromatic N) is 2. The van der Waals surface area contributed by atoms with E-state index in [1.165, 1.54) is 19.4 Å². The van der Waals surface area contributed by atoms with Crippen molar-refractivity contribution in [3.8, 4) is 0 Å². The van der Waals surface area contributed by atoms with E-state index in [1.807, 2.05) is 24.3 Å². The van der Waals surface area contributed by atoms with Crippen LogP contribution < -0.4 is 0 Å². The van der Waals surface area contributed by atoms with Crippen molar-refractivity contribution in [1.29, 1.82) is 0 Å². The molecule has 0 saturated carbocycles. The number of hydrogen-bond acceptors (Lipinski definition) is 3. The van der Waals surface area contributed by atoms with Crippen LogP contribution in [0.15, 0.2) is 28.7 Å². The van der Waals surface area contributed by atoms with E-state index < -0.39 is 0 Å². The number of benzene rings is 1. The Hall–Kier alpha value is -1.35. The number of fused-ring (bicyclic) bond motifs is 1. The summed E-state index contributed by atoms with van der Waals surface area (Å²) >= 11 is 0. The largest absolute Gasteiger partial charge is 0.441 e. The molecule has 1 aliphatic rings. The summed E-state index contributed by atoms with van der Waals surface area (Å²) in [5, 5.41) is 0. The number of oxazole rings is 1. The van der Waals surface area contributed by atoms with Crippen LogP contribution in [0.4, 0.5) is 0 Å². The van der Waals surface area contributed by atoms with Gasteiger partial charge in [-0.25, -0.2) is 4.98 Å². The molecule has 1 aromatic carbocycles. The fraction of sp³-hybridized carbons (Fsp3) is 0.588. The number of aromatic nitrogens is 1. The van der Waals surface area contributed by atoms with Gasteiger partial charge in [-0.3, -0.25) is 0 Å². The van der Waals surface area contributed by atoms with Gasteiger partial charge in [0.05, 0.1) is 0 Å². The average molecular weight is 272 g/mol. The minimum atomic E-state index is 0.739. The van der Waals surface area contributed by atoms with Crippen LogP contribution in [0, 0.1) is 5.92 Å². The number of para-hydroxylation sites is 2. The monoisotopic (exact) mass is 272 g/mol. The summed E-state index contributed by atoms with van der Waals surface area (Å²) in [6.07, 6.45) is 4.74. The van der Waals surface area contributed by atoms with Crippen LogP contribution in [0.25, 0.3) is 11.1 Å². The zero-order valence-electron chi connectivity index (χ0n) is 12.5. The van der Waals surface area contributed by atoms with Gasteiger partial charge in [-0.1, -0.05) is 25.5 Å². The topological polar surface area (TPSA) is 29.3 Å². The predicted molar refractivity (Wildman–Crippen MR) is 81.8 cm³/mol. The summed E-state index contributed by atoms with van der Waals surface area (Å²) in [4.78, 5) is 7.16. The van der Waals surface area contributed by atoms with Crippen molar-refractivity contribution >= 4 is 11.1 Å². The van der Waals surface area contributed by atoms with Crippen molar-refractivity contribution < 1.29 is 4.42 Å². The normalized spacial score (nSPS) is 23.7.